The molecule has 0 rings (SSSR count). The molecular weight excluding hydrogens is 122 g/mol. The Labute approximate surface area is 40.3 Å². The van der Waals surface area contributed by atoms with Crippen LogP contribution < -0.4 is 0 Å². The predicted octanol–water partition coefficient (Wildman–Crippen LogP) is 0.134. The maximum atomic E-state index is 11.0. The van der Waals surface area contributed by atoms with Crippen LogP contribution in [-0.4, -0.2) is 22.6 Å². The molecule has 2 N–H and O–H groups in total. The zero-order valence-corrected chi connectivity index (χ0v) is 4.44. The van der Waals surface area contributed by atoms with E-state index in [0.29, 0.717) is 0 Å². The summed E-state index contributed by atoms with van der Waals surface area (Å²) in [6.07, 6.45) is -0.660. The normalized spacial score (nSPS) is 11.9. The van der Waals surface area contributed by atoms with Gasteiger partial charge in [-0.25, -0.2) is 0 Å². The van der Waals surface area contributed by atoms with Crippen molar-refractivity contribution in [1.29, 1.82) is 0 Å². The Morgan fingerprint density at radius 2 is 2.00 bits per heavy atom. The minimum atomic E-state index is -4.04. The molecule has 0 aliphatic carbocycles. The first-order valence-electron chi connectivity index (χ1n) is 1.67. The lowest BCUT2D eigenvalue weighted by atomic mass is 10.9. The molecule has 0 radical (unpaired) electrons. The molecule has 44 valence electrons. The quantitative estimate of drug-likeness (QED) is 0.520. The van der Waals surface area contributed by atoms with Crippen LogP contribution in [0.25, 0.3) is 0 Å². The topological polar surface area (TPSA) is 57.5 Å². The lowest BCUT2D eigenvalue weighted by Crippen LogP contribution is -1.87. The lowest BCUT2D eigenvalue weighted by molar-refractivity contribution is 0.364. The van der Waals surface area contributed by atoms with Crippen molar-refractivity contribution in [2.24, 2.45) is 0 Å². The van der Waals surface area contributed by atoms with Crippen LogP contribution in [0, 0.1) is 0 Å². The van der Waals surface area contributed by atoms with Crippen molar-refractivity contribution in [1.82, 2.24) is 0 Å². The van der Waals surface area contributed by atoms with E-state index in [0.717, 1.165) is 0 Å². The first-order chi connectivity index (χ1) is 3.06. The summed E-state index contributed by atoms with van der Waals surface area (Å²) in [6.45, 7) is -0.954. The molecule has 0 saturated carbocycles. The minimum Gasteiger partial charge on any atom is -0.324 e. The first kappa shape index (κ1) is 7.08. The van der Waals surface area contributed by atoms with Gasteiger partial charge in [-0.2, -0.15) is 0 Å². The fourth-order valence-electron chi connectivity index (χ4n) is 0.110. The molecule has 0 aromatic heterocycles. The molecule has 3 nitrogen and oxygen atoms in total. The van der Waals surface area contributed by atoms with Gasteiger partial charge in [0, 0.05) is 0 Å². The van der Waals surface area contributed by atoms with Gasteiger partial charge in [-0.05, 0) is 0 Å². The molecule has 7 heavy (non-hydrogen) atoms. The predicted molar refractivity (Wildman–Crippen MR) is 22.9 cm³/mol. The van der Waals surface area contributed by atoms with Crippen LogP contribution in [0.5, 0.6) is 0 Å². The highest BCUT2D eigenvalue weighted by Crippen LogP contribution is 2.33. The summed E-state index contributed by atoms with van der Waals surface area (Å²) in [7, 11) is -4.04. The van der Waals surface area contributed by atoms with Crippen LogP contribution in [0.1, 0.15) is 0 Å². The minimum absolute atomic E-state index is 0.660. The van der Waals surface area contributed by atoms with E-state index in [9.17, 15) is 8.96 Å². The summed E-state index contributed by atoms with van der Waals surface area (Å²) in [5, 5.41) is 0. The molecule has 0 aromatic rings. The van der Waals surface area contributed by atoms with Crippen molar-refractivity contribution < 1.29 is 18.7 Å². The number of alkyl halides is 1. The van der Waals surface area contributed by atoms with Crippen LogP contribution in [0.15, 0.2) is 0 Å². The van der Waals surface area contributed by atoms with Gasteiger partial charge in [0.1, 0.15) is 6.67 Å². The molecule has 0 heterocycles. The van der Waals surface area contributed by atoms with Crippen molar-refractivity contribution in [2.45, 2.75) is 0 Å². The second kappa shape index (κ2) is 2.40. The number of rotatable bonds is 2. The van der Waals surface area contributed by atoms with Crippen molar-refractivity contribution in [3.05, 3.63) is 0 Å². The Kier molecular flexibility index (Phi) is 2.43. The average molecular weight is 128 g/mol. The zero-order chi connectivity index (χ0) is 5.91. The zero-order valence-electron chi connectivity index (χ0n) is 3.54. The molecule has 0 amide bonds. The summed E-state index contributed by atoms with van der Waals surface area (Å²) in [4.78, 5) is 15.8. The fourth-order valence-corrected chi connectivity index (χ4v) is 0.330. The second-order valence-corrected chi connectivity index (χ2v) is 2.85. The van der Waals surface area contributed by atoms with Crippen molar-refractivity contribution in [3.63, 3.8) is 0 Å². The molecule has 0 aliphatic rings. The van der Waals surface area contributed by atoms with Gasteiger partial charge >= 0.3 is 7.60 Å². The molecule has 0 bridgehead atoms. The van der Waals surface area contributed by atoms with E-state index in [1.807, 2.05) is 0 Å². The third-order valence-electron chi connectivity index (χ3n) is 0.376. The van der Waals surface area contributed by atoms with Gasteiger partial charge < -0.3 is 9.79 Å². The van der Waals surface area contributed by atoms with Gasteiger partial charge in [0.05, 0.1) is 6.16 Å². The molecule has 5 heteroatoms. The van der Waals surface area contributed by atoms with E-state index in [4.69, 9.17) is 9.79 Å². The van der Waals surface area contributed by atoms with E-state index < -0.39 is 20.4 Å². The summed E-state index contributed by atoms with van der Waals surface area (Å²) < 4.78 is 20.7. The van der Waals surface area contributed by atoms with Crippen LogP contribution in [-0.2, 0) is 4.57 Å². The fraction of sp³-hybridized carbons (Fsp3) is 1.00. The van der Waals surface area contributed by atoms with Crippen molar-refractivity contribution >= 4 is 7.60 Å². The summed E-state index contributed by atoms with van der Waals surface area (Å²) in [5.74, 6) is 0. The maximum Gasteiger partial charge on any atom is 0.328 e. The highest BCUT2D eigenvalue weighted by atomic mass is 31.2. The van der Waals surface area contributed by atoms with E-state index in [-0.39, 0.29) is 0 Å². The Morgan fingerprint density at radius 1 is 1.57 bits per heavy atom. The van der Waals surface area contributed by atoms with E-state index in [1.54, 1.807) is 0 Å². The molecule has 0 saturated heterocycles. The highest BCUT2D eigenvalue weighted by Gasteiger charge is 2.10. The Bertz CT molecular complexity index is 86.9. The third kappa shape index (κ3) is 6.08. The van der Waals surface area contributed by atoms with Gasteiger partial charge in [0.25, 0.3) is 0 Å². The number of hydrogen-bond acceptors (Lipinski definition) is 1. The van der Waals surface area contributed by atoms with Gasteiger partial charge in [-0.1, -0.05) is 0 Å². The first-order valence-corrected chi connectivity index (χ1v) is 3.46. The molecular formula is C2H6FO3P. The monoisotopic (exact) mass is 128 g/mol. The Morgan fingerprint density at radius 3 is 2.00 bits per heavy atom. The SMILES string of the molecule is O=P(O)(O)CCF. The largest absolute Gasteiger partial charge is 0.328 e. The van der Waals surface area contributed by atoms with Crippen LogP contribution in [0.2, 0.25) is 0 Å². The van der Waals surface area contributed by atoms with Crippen LogP contribution in [0.3, 0.4) is 0 Å². The average Bonchev–Trinajstić information content (AvgIpc) is 1.30. The van der Waals surface area contributed by atoms with Gasteiger partial charge in [0.15, 0.2) is 0 Å². The molecule has 0 aliphatic heterocycles. The molecule has 0 unspecified atom stereocenters. The highest BCUT2D eigenvalue weighted by molar-refractivity contribution is 7.51. The smallest absolute Gasteiger partial charge is 0.324 e. The summed E-state index contributed by atoms with van der Waals surface area (Å²) >= 11 is 0. The summed E-state index contributed by atoms with van der Waals surface area (Å²) in [5.41, 5.74) is 0. The third-order valence-corrected chi connectivity index (χ3v) is 1.13. The lowest BCUT2D eigenvalue weighted by Gasteiger charge is -1.95. The Hall–Kier alpha value is 0.0800. The standard InChI is InChI=1S/C2H6FO3P/c3-1-2-7(4,5)6/h1-2H2,(H2,4,5,6). The van der Waals surface area contributed by atoms with E-state index in [2.05, 4.69) is 0 Å². The molecule has 0 aromatic carbocycles. The maximum absolute atomic E-state index is 11.0. The van der Waals surface area contributed by atoms with Gasteiger partial charge in [-0.3, -0.25) is 8.96 Å². The Balaban J connectivity index is 3.36. The van der Waals surface area contributed by atoms with Gasteiger partial charge in [0.2, 0.25) is 0 Å². The number of halogens is 1. The van der Waals surface area contributed by atoms with Crippen LogP contribution >= 0.6 is 7.60 Å². The molecule has 0 fully saturated rings. The van der Waals surface area contributed by atoms with Gasteiger partial charge in [-0.15, -0.1) is 0 Å². The van der Waals surface area contributed by atoms with Crippen LogP contribution in [0.4, 0.5) is 4.39 Å². The van der Waals surface area contributed by atoms with E-state index >= 15 is 0 Å². The molecule has 0 atom stereocenters. The van der Waals surface area contributed by atoms with Crippen molar-refractivity contribution in [3.8, 4) is 0 Å². The van der Waals surface area contributed by atoms with E-state index in [1.165, 1.54) is 0 Å². The van der Waals surface area contributed by atoms with Crippen molar-refractivity contribution in [2.75, 3.05) is 12.8 Å². The second-order valence-electron chi connectivity index (χ2n) is 1.08. The summed E-state index contributed by atoms with van der Waals surface area (Å²) in [6, 6.07) is 0. The molecule has 0 spiro atoms. The number of hydrogen-bond donors (Lipinski definition) is 2.